The Morgan fingerprint density at radius 2 is 2.00 bits per heavy atom. The van der Waals surface area contributed by atoms with Gasteiger partial charge in [0.05, 0.1) is 17.6 Å². The van der Waals surface area contributed by atoms with Crippen molar-refractivity contribution in [1.29, 1.82) is 0 Å². The molecule has 0 spiro atoms. The zero-order valence-corrected chi connectivity index (χ0v) is 15.3. The van der Waals surface area contributed by atoms with E-state index in [9.17, 15) is 18.0 Å². The second-order valence-electron chi connectivity index (χ2n) is 5.59. The number of amides is 1. The number of esters is 1. The number of hydrogen-bond acceptors (Lipinski definition) is 6. The molecule has 0 radical (unpaired) electrons. The van der Waals surface area contributed by atoms with Crippen LogP contribution >= 0.6 is 0 Å². The summed E-state index contributed by atoms with van der Waals surface area (Å²) in [5.74, 6) is -1.13. The molecule has 142 valence electrons. The molecule has 0 aliphatic carbocycles. The molecule has 1 heterocycles. The van der Waals surface area contributed by atoms with Crippen molar-refractivity contribution in [3.8, 4) is 0 Å². The van der Waals surface area contributed by atoms with Crippen LogP contribution < -0.4 is 10.0 Å². The number of benzene rings is 1. The van der Waals surface area contributed by atoms with Gasteiger partial charge < -0.3 is 14.8 Å². The van der Waals surface area contributed by atoms with Gasteiger partial charge in [-0.25, -0.2) is 17.9 Å². The average Bonchev–Trinajstić information content (AvgIpc) is 3.13. The Labute approximate surface area is 152 Å². The third kappa shape index (κ3) is 6.25. The van der Waals surface area contributed by atoms with E-state index in [1.807, 2.05) is 0 Å². The molecule has 9 heteroatoms. The van der Waals surface area contributed by atoms with Crippen LogP contribution in [-0.4, -0.2) is 46.2 Å². The van der Waals surface area contributed by atoms with Crippen molar-refractivity contribution in [2.45, 2.75) is 30.8 Å². The third-order valence-corrected chi connectivity index (χ3v) is 5.05. The molecule has 2 N–H and O–H groups in total. The second-order valence-corrected chi connectivity index (χ2v) is 7.35. The van der Waals surface area contributed by atoms with Crippen molar-refractivity contribution in [1.82, 2.24) is 4.72 Å². The van der Waals surface area contributed by atoms with Crippen LogP contribution in [-0.2, 0) is 29.1 Å². The molecule has 1 amide bonds. The summed E-state index contributed by atoms with van der Waals surface area (Å²) in [6.45, 7) is 2.78. The maximum atomic E-state index is 12.2. The predicted molar refractivity (Wildman–Crippen MR) is 95.0 cm³/mol. The molecule has 1 aliphatic rings. The first kappa shape index (κ1) is 20.1. The first-order valence-corrected chi connectivity index (χ1v) is 9.76. The van der Waals surface area contributed by atoms with E-state index in [4.69, 9.17) is 4.74 Å². The first-order valence-electron chi connectivity index (χ1n) is 8.28. The number of ether oxygens (including phenoxy) is 2. The van der Waals surface area contributed by atoms with Crippen LogP contribution in [0.3, 0.4) is 0 Å². The quantitative estimate of drug-likeness (QED) is 0.516. The zero-order chi connectivity index (χ0) is 19.0. The number of carbonyl (C=O) groups excluding carboxylic acids is 2. The lowest BCUT2D eigenvalue weighted by molar-refractivity contribution is -0.137. The van der Waals surface area contributed by atoms with Crippen molar-refractivity contribution in [3.05, 3.63) is 36.4 Å². The predicted octanol–water partition coefficient (Wildman–Crippen LogP) is 1.20. The Balaban J connectivity index is 1.90. The molecule has 1 atom stereocenters. The largest absolute Gasteiger partial charge is 0.463 e. The Bertz CT molecular complexity index is 752. The van der Waals surface area contributed by atoms with Gasteiger partial charge in [0.25, 0.3) is 0 Å². The topological polar surface area (TPSA) is 111 Å². The summed E-state index contributed by atoms with van der Waals surface area (Å²) in [6, 6.07) is 5.72. The standard InChI is InChI=1S/C17H22N2O6S/c1-2-24-17(21)10-9-16(20)19-13-5-7-15(8-6-13)26(22,23)18-12-14-4-3-11-25-14/h5-10,14,18H,2-4,11-12H2,1H3,(H,19,20)/b10-9+. The van der Waals surface area contributed by atoms with Gasteiger partial charge in [-0.15, -0.1) is 0 Å². The van der Waals surface area contributed by atoms with Crippen molar-refractivity contribution < 1.29 is 27.5 Å². The minimum absolute atomic E-state index is 0.0884. The van der Waals surface area contributed by atoms with Crippen LogP contribution in [0.1, 0.15) is 19.8 Å². The lowest BCUT2D eigenvalue weighted by Gasteiger charge is -2.11. The highest BCUT2D eigenvalue weighted by Gasteiger charge is 2.20. The number of hydrogen-bond donors (Lipinski definition) is 2. The summed E-state index contributed by atoms with van der Waals surface area (Å²) >= 11 is 0. The van der Waals surface area contributed by atoms with Crippen LogP contribution in [0.25, 0.3) is 0 Å². The highest BCUT2D eigenvalue weighted by atomic mass is 32.2. The monoisotopic (exact) mass is 382 g/mol. The number of rotatable bonds is 8. The van der Waals surface area contributed by atoms with Crippen molar-refractivity contribution in [2.75, 3.05) is 25.1 Å². The van der Waals surface area contributed by atoms with E-state index in [-0.39, 0.29) is 24.2 Å². The Morgan fingerprint density at radius 3 is 2.62 bits per heavy atom. The summed E-state index contributed by atoms with van der Waals surface area (Å²) in [6.07, 6.45) is 3.76. The summed E-state index contributed by atoms with van der Waals surface area (Å²) in [5, 5.41) is 2.53. The van der Waals surface area contributed by atoms with Crippen molar-refractivity contribution in [3.63, 3.8) is 0 Å². The maximum absolute atomic E-state index is 12.2. The Kier molecular flexibility index (Phi) is 7.31. The number of nitrogens with one attached hydrogen (secondary N) is 2. The molecular formula is C17H22N2O6S. The van der Waals surface area contributed by atoms with Crippen LogP contribution in [0.4, 0.5) is 5.69 Å². The normalized spacial score (nSPS) is 17.3. The van der Waals surface area contributed by atoms with E-state index < -0.39 is 21.9 Å². The molecule has 1 fully saturated rings. The van der Waals surface area contributed by atoms with Gasteiger partial charge in [0.15, 0.2) is 0 Å². The van der Waals surface area contributed by atoms with Crippen LogP contribution in [0.15, 0.2) is 41.3 Å². The third-order valence-electron chi connectivity index (χ3n) is 3.61. The van der Waals surface area contributed by atoms with E-state index >= 15 is 0 Å². The summed E-state index contributed by atoms with van der Waals surface area (Å²) in [5.41, 5.74) is 0.404. The van der Waals surface area contributed by atoms with Gasteiger partial charge in [-0.1, -0.05) is 0 Å². The number of anilines is 1. The molecular weight excluding hydrogens is 360 g/mol. The molecule has 0 saturated carbocycles. The Hall–Kier alpha value is -2.23. The zero-order valence-electron chi connectivity index (χ0n) is 14.4. The Morgan fingerprint density at radius 1 is 1.27 bits per heavy atom. The fourth-order valence-corrected chi connectivity index (χ4v) is 3.39. The number of carbonyl (C=O) groups is 2. The maximum Gasteiger partial charge on any atom is 0.330 e. The van der Waals surface area contributed by atoms with Crippen LogP contribution in [0.2, 0.25) is 0 Å². The molecule has 26 heavy (non-hydrogen) atoms. The van der Waals surface area contributed by atoms with Crippen LogP contribution in [0, 0.1) is 0 Å². The molecule has 0 bridgehead atoms. The molecule has 1 aromatic carbocycles. The van der Waals surface area contributed by atoms with E-state index in [1.54, 1.807) is 6.92 Å². The van der Waals surface area contributed by atoms with E-state index in [0.717, 1.165) is 25.0 Å². The lowest BCUT2D eigenvalue weighted by atomic mass is 10.2. The van der Waals surface area contributed by atoms with Gasteiger partial charge >= 0.3 is 5.97 Å². The van der Waals surface area contributed by atoms with Crippen molar-refractivity contribution >= 4 is 27.6 Å². The fraction of sp³-hybridized carbons (Fsp3) is 0.412. The first-order chi connectivity index (χ1) is 12.4. The van der Waals surface area contributed by atoms with Crippen LogP contribution in [0.5, 0.6) is 0 Å². The molecule has 1 saturated heterocycles. The van der Waals surface area contributed by atoms with Gasteiger partial charge in [-0.2, -0.15) is 0 Å². The summed E-state index contributed by atoms with van der Waals surface area (Å²) in [4.78, 5) is 22.9. The smallest absolute Gasteiger partial charge is 0.330 e. The molecule has 2 rings (SSSR count). The highest BCUT2D eigenvalue weighted by Crippen LogP contribution is 2.16. The molecule has 8 nitrogen and oxygen atoms in total. The van der Waals surface area contributed by atoms with Gasteiger partial charge in [-0.3, -0.25) is 4.79 Å². The fourth-order valence-electron chi connectivity index (χ4n) is 2.33. The van der Waals surface area contributed by atoms with E-state index in [1.165, 1.54) is 24.3 Å². The minimum atomic E-state index is -3.64. The molecule has 0 aromatic heterocycles. The van der Waals surface area contributed by atoms with Gasteiger partial charge in [-0.05, 0) is 44.0 Å². The van der Waals surface area contributed by atoms with Gasteiger partial charge in [0.1, 0.15) is 0 Å². The molecule has 1 aromatic rings. The summed E-state index contributed by atoms with van der Waals surface area (Å²) in [7, 11) is -3.64. The molecule has 1 unspecified atom stereocenters. The second kappa shape index (κ2) is 9.46. The SMILES string of the molecule is CCOC(=O)/C=C/C(=O)Nc1ccc(S(=O)(=O)NCC2CCCO2)cc1. The number of sulfonamides is 1. The van der Waals surface area contributed by atoms with Gasteiger partial charge in [0, 0.05) is 31.0 Å². The van der Waals surface area contributed by atoms with E-state index in [0.29, 0.717) is 12.3 Å². The van der Waals surface area contributed by atoms with E-state index in [2.05, 4.69) is 14.8 Å². The van der Waals surface area contributed by atoms with Gasteiger partial charge in [0.2, 0.25) is 15.9 Å². The lowest BCUT2D eigenvalue weighted by Crippen LogP contribution is -2.31. The average molecular weight is 382 g/mol. The van der Waals surface area contributed by atoms with Crippen molar-refractivity contribution in [2.24, 2.45) is 0 Å². The highest BCUT2D eigenvalue weighted by molar-refractivity contribution is 7.89. The summed E-state index contributed by atoms with van der Waals surface area (Å²) < 4.78 is 37.1. The molecule has 1 aliphatic heterocycles. The minimum Gasteiger partial charge on any atom is -0.463 e.